The van der Waals surface area contributed by atoms with E-state index in [1.165, 1.54) is 19.3 Å². The summed E-state index contributed by atoms with van der Waals surface area (Å²) in [4.78, 5) is 0. The predicted octanol–water partition coefficient (Wildman–Crippen LogP) is 2.67. The van der Waals surface area contributed by atoms with Gasteiger partial charge in [0.25, 0.3) is 0 Å². The van der Waals surface area contributed by atoms with E-state index >= 15 is 0 Å². The molecule has 0 aliphatic heterocycles. The third-order valence-corrected chi connectivity index (χ3v) is 3.41. The van der Waals surface area contributed by atoms with Crippen molar-refractivity contribution in [1.82, 2.24) is 5.32 Å². The van der Waals surface area contributed by atoms with Crippen LogP contribution in [-0.4, -0.2) is 13.1 Å². The molecular formula is C11H23N. The SMILES string of the molecule is CCC(C)CC(NC)C1CC1C. The lowest BCUT2D eigenvalue weighted by Gasteiger charge is -2.19. The molecule has 4 atom stereocenters. The lowest BCUT2D eigenvalue weighted by atomic mass is 9.96. The van der Waals surface area contributed by atoms with Crippen molar-refractivity contribution in [2.24, 2.45) is 17.8 Å². The van der Waals surface area contributed by atoms with Gasteiger partial charge in [0, 0.05) is 6.04 Å². The highest BCUT2D eigenvalue weighted by Gasteiger charge is 2.38. The zero-order valence-corrected chi connectivity index (χ0v) is 8.93. The molecule has 4 unspecified atom stereocenters. The molecule has 0 radical (unpaired) electrons. The molecule has 1 rings (SSSR count). The van der Waals surface area contributed by atoms with Crippen LogP contribution in [0.25, 0.3) is 0 Å². The van der Waals surface area contributed by atoms with Gasteiger partial charge in [0.15, 0.2) is 0 Å². The molecule has 0 spiro atoms. The van der Waals surface area contributed by atoms with E-state index in [4.69, 9.17) is 0 Å². The maximum absolute atomic E-state index is 3.46. The van der Waals surface area contributed by atoms with Crippen LogP contribution >= 0.6 is 0 Å². The molecule has 1 fully saturated rings. The lowest BCUT2D eigenvalue weighted by molar-refractivity contribution is 0.372. The maximum atomic E-state index is 3.46. The van der Waals surface area contributed by atoms with E-state index in [-0.39, 0.29) is 0 Å². The standard InChI is InChI=1S/C11H23N/c1-5-8(2)6-11(12-4)10-7-9(10)3/h8-12H,5-7H2,1-4H3. The summed E-state index contributed by atoms with van der Waals surface area (Å²) in [5.41, 5.74) is 0. The molecule has 72 valence electrons. The molecule has 0 saturated heterocycles. The Morgan fingerprint density at radius 2 is 2.08 bits per heavy atom. The minimum atomic E-state index is 0.787. The average molecular weight is 169 g/mol. The fraction of sp³-hybridized carbons (Fsp3) is 1.00. The Labute approximate surface area is 76.9 Å². The van der Waals surface area contributed by atoms with Crippen LogP contribution in [-0.2, 0) is 0 Å². The molecule has 12 heavy (non-hydrogen) atoms. The van der Waals surface area contributed by atoms with E-state index in [0.717, 1.165) is 23.8 Å². The molecule has 1 nitrogen and oxygen atoms in total. The Balaban J connectivity index is 2.26. The summed E-state index contributed by atoms with van der Waals surface area (Å²) in [6.45, 7) is 7.01. The van der Waals surface area contributed by atoms with Gasteiger partial charge in [0.05, 0.1) is 0 Å². The highest BCUT2D eigenvalue weighted by molar-refractivity contribution is 4.92. The largest absolute Gasteiger partial charge is 0.317 e. The molecule has 1 saturated carbocycles. The van der Waals surface area contributed by atoms with Crippen molar-refractivity contribution in [2.45, 2.75) is 46.1 Å². The van der Waals surface area contributed by atoms with Gasteiger partial charge < -0.3 is 5.32 Å². The smallest absolute Gasteiger partial charge is 0.00975 e. The van der Waals surface area contributed by atoms with Gasteiger partial charge in [-0.1, -0.05) is 27.2 Å². The van der Waals surface area contributed by atoms with E-state index in [1.807, 2.05) is 0 Å². The Morgan fingerprint density at radius 1 is 1.50 bits per heavy atom. The first-order chi connectivity index (χ1) is 5.69. The molecule has 0 aromatic heterocycles. The van der Waals surface area contributed by atoms with Crippen LogP contribution in [0.5, 0.6) is 0 Å². The Bertz CT molecular complexity index is 133. The van der Waals surface area contributed by atoms with Crippen LogP contribution in [0, 0.1) is 17.8 Å². The quantitative estimate of drug-likeness (QED) is 0.667. The van der Waals surface area contributed by atoms with Crippen molar-refractivity contribution < 1.29 is 0 Å². The molecule has 1 N–H and O–H groups in total. The number of hydrogen-bond acceptors (Lipinski definition) is 1. The van der Waals surface area contributed by atoms with Gasteiger partial charge in [-0.2, -0.15) is 0 Å². The third kappa shape index (κ3) is 2.48. The second kappa shape index (κ2) is 4.27. The number of hydrogen-bond donors (Lipinski definition) is 1. The fourth-order valence-electron chi connectivity index (χ4n) is 2.02. The van der Waals surface area contributed by atoms with Gasteiger partial charge >= 0.3 is 0 Å². The molecular weight excluding hydrogens is 146 g/mol. The minimum absolute atomic E-state index is 0.787. The zero-order chi connectivity index (χ0) is 9.14. The summed E-state index contributed by atoms with van der Waals surface area (Å²) >= 11 is 0. The van der Waals surface area contributed by atoms with Gasteiger partial charge in [-0.25, -0.2) is 0 Å². The van der Waals surface area contributed by atoms with E-state index in [1.54, 1.807) is 0 Å². The van der Waals surface area contributed by atoms with Crippen molar-refractivity contribution in [2.75, 3.05) is 7.05 Å². The van der Waals surface area contributed by atoms with Crippen LogP contribution in [0.15, 0.2) is 0 Å². The van der Waals surface area contributed by atoms with Crippen molar-refractivity contribution in [1.29, 1.82) is 0 Å². The van der Waals surface area contributed by atoms with E-state index < -0.39 is 0 Å². The highest BCUT2D eigenvalue weighted by atomic mass is 14.9. The summed E-state index contributed by atoms with van der Waals surface area (Å²) < 4.78 is 0. The van der Waals surface area contributed by atoms with Gasteiger partial charge in [-0.3, -0.25) is 0 Å². The van der Waals surface area contributed by atoms with Gasteiger partial charge in [0.2, 0.25) is 0 Å². The molecule has 1 heteroatoms. The molecule has 0 amide bonds. The van der Waals surface area contributed by atoms with Gasteiger partial charge in [-0.05, 0) is 37.6 Å². The topological polar surface area (TPSA) is 12.0 Å². The Kier molecular flexibility index (Phi) is 3.57. The maximum Gasteiger partial charge on any atom is 0.00975 e. The molecule has 0 aromatic rings. The van der Waals surface area contributed by atoms with Crippen molar-refractivity contribution >= 4 is 0 Å². The molecule has 1 aliphatic carbocycles. The van der Waals surface area contributed by atoms with Crippen LogP contribution in [0.1, 0.15) is 40.0 Å². The first-order valence-electron chi connectivity index (χ1n) is 5.36. The summed E-state index contributed by atoms with van der Waals surface area (Å²) in [7, 11) is 2.11. The normalized spacial score (nSPS) is 33.0. The van der Waals surface area contributed by atoms with Gasteiger partial charge in [-0.15, -0.1) is 0 Å². The number of nitrogens with one attached hydrogen (secondary N) is 1. The summed E-state index contributed by atoms with van der Waals surface area (Å²) in [5.74, 6) is 2.84. The van der Waals surface area contributed by atoms with Crippen LogP contribution < -0.4 is 5.32 Å². The van der Waals surface area contributed by atoms with Crippen molar-refractivity contribution in [3.8, 4) is 0 Å². The van der Waals surface area contributed by atoms with Crippen molar-refractivity contribution in [3.05, 3.63) is 0 Å². The van der Waals surface area contributed by atoms with Crippen LogP contribution in [0.2, 0.25) is 0 Å². The van der Waals surface area contributed by atoms with E-state index in [0.29, 0.717) is 0 Å². The van der Waals surface area contributed by atoms with E-state index in [2.05, 4.69) is 33.1 Å². The van der Waals surface area contributed by atoms with E-state index in [9.17, 15) is 0 Å². The molecule has 0 heterocycles. The predicted molar refractivity (Wildman–Crippen MR) is 54.2 cm³/mol. The molecule has 0 aromatic carbocycles. The van der Waals surface area contributed by atoms with Crippen LogP contribution in [0.3, 0.4) is 0 Å². The monoisotopic (exact) mass is 169 g/mol. The first-order valence-corrected chi connectivity index (χ1v) is 5.36. The average Bonchev–Trinajstić information content (AvgIpc) is 2.77. The third-order valence-electron chi connectivity index (χ3n) is 3.41. The Hall–Kier alpha value is -0.0400. The zero-order valence-electron chi connectivity index (χ0n) is 8.93. The second-order valence-corrected chi connectivity index (χ2v) is 4.52. The Morgan fingerprint density at radius 3 is 2.42 bits per heavy atom. The number of rotatable bonds is 5. The van der Waals surface area contributed by atoms with Crippen molar-refractivity contribution in [3.63, 3.8) is 0 Å². The fourth-order valence-corrected chi connectivity index (χ4v) is 2.02. The van der Waals surface area contributed by atoms with Gasteiger partial charge in [0.1, 0.15) is 0 Å². The highest BCUT2D eigenvalue weighted by Crippen LogP contribution is 2.42. The summed E-state index contributed by atoms with van der Waals surface area (Å²) in [6, 6.07) is 0.787. The molecule has 1 aliphatic rings. The minimum Gasteiger partial charge on any atom is -0.317 e. The first kappa shape index (κ1) is 10.0. The molecule has 0 bridgehead atoms. The summed E-state index contributed by atoms with van der Waals surface area (Å²) in [6.07, 6.45) is 4.13. The lowest BCUT2D eigenvalue weighted by Crippen LogP contribution is -2.29. The second-order valence-electron chi connectivity index (χ2n) is 4.52. The summed E-state index contributed by atoms with van der Waals surface area (Å²) in [5, 5.41) is 3.46. The van der Waals surface area contributed by atoms with Crippen LogP contribution in [0.4, 0.5) is 0 Å².